The molecule has 1 N–H and O–H groups in total. The molecule has 1 heterocycles. The van der Waals surface area contributed by atoms with Crippen LogP contribution in [0, 0.1) is 0 Å². The molecule has 8 nitrogen and oxygen atoms in total. The molecule has 31 heavy (non-hydrogen) atoms. The second kappa shape index (κ2) is 9.27. The molecule has 2 aromatic rings. The molecule has 3 rings (SSSR count). The average molecular weight is 551 g/mol. The smallest absolute Gasteiger partial charge is 0.262 e. The van der Waals surface area contributed by atoms with Crippen molar-refractivity contribution in [3.63, 3.8) is 0 Å². The maximum atomic E-state index is 12.4. The Hall–Kier alpha value is -2.59. The molecular formula is C21H21Br2N5O3. The van der Waals surface area contributed by atoms with Crippen molar-refractivity contribution in [2.24, 2.45) is 10.2 Å². The number of carbonyl (C=O) groups is 3. The first-order chi connectivity index (χ1) is 14.7. The van der Waals surface area contributed by atoms with Crippen LogP contribution in [0.2, 0.25) is 0 Å². The summed E-state index contributed by atoms with van der Waals surface area (Å²) in [6, 6.07) is 7.11. The summed E-state index contributed by atoms with van der Waals surface area (Å²) in [4.78, 5) is 39.6. The second-order valence-corrected chi connectivity index (χ2v) is 8.52. The number of rotatable bonds is 6. The molecule has 0 saturated heterocycles. The van der Waals surface area contributed by atoms with Crippen LogP contribution in [0.1, 0.15) is 41.5 Å². The van der Waals surface area contributed by atoms with E-state index in [1.54, 1.807) is 12.1 Å². The number of nitrogens with one attached hydrogen (secondary N) is 1. The Morgan fingerprint density at radius 3 is 2.39 bits per heavy atom. The van der Waals surface area contributed by atoms with Gasteiger partial charge in [0.05, 0.1) is 21.3 Å². The van der Waals surface area contributed by atoms with Crippen molar-refractivity contribution in [1.29, 1.82) is 0 Å². The molecule has 1 aliphatic rings. The van der Waals surface area contributed by atoms with Crippen LogP contribution in [0.25, 0.3) is 0 Å². The summed E-state index contributed by atoms with van der Waals surface area (Å²) in [5.41, 5.74) is 2.87. The van der Waals surface area contributed by atoms with Crippen molar-refractivity contribution >= 4 is 72.3 Å². The number of anilines is 2. The Balaban J connectivity index is 2.05. The predicted molar refractivity (Wildman–Crippen MR) is 127 cm³/mol. The van der Waals surface area contributed by atoms with Crippen LogP contribution < -0.4 is 10.2 Å². The van der Waals surface area contributed by atoms with Crippen LogP contribution in [0.3, 0.4) is 0 Å². The summed E-state index contributed by atoms with van der Waals surface area (Å²) < 4.78 is 0.892. The molecule has 0 bridgehead atoms. The number of carbonyl (C=O) groups excluding carboxylic acids is 3. The predicted octanol–water partition coefficient (Wildman–Crippen LogP) is 5.66. The number of imide groups is 1. The molecule has 0 aromatic heterocycles. The second-order valence-electron chi connectivity index (χ2n) is 6.87. The molecule has 0 spiro atoms. The van der Waals surface area contributed by atoms with Crippen LogP contribution in [0.15, 0.2) is 43.4 Å². The highest BCUT2D eigenvalue weighted by molar-refractivity contribution is 9.11. The third-order valence-corrected chi connectivity index (χ3v) is 6.30. The lowest BCUT2D eigenvalue weighted by atomic mass is 10.1. The van der Waals surface area contributed by atoms with E-state index < -0.39 is 5.91 Å². The van der Waals surface area contributed by atoms with Crippen molar-refractivity contribution < 1.29 is 14.4 Å². The van der Waals surface area contributed by atoms with Gasteiger partial charge in [-0.25, -0.2) is 0 Å². The van der Waals surface area contributed by atoms with E-state index in [1.807, 2.05) is 12.1 Å². The van der Waals surface area contributed by atoms with Gasteiger partial charge in [-0.1, -0.05) is 0 Å². The lowest BCUT2D eigenvalue weighted by Gasteiger charge is -2.22. The van der Waals surface area contributed by atoms with E-state index >= 15 is 0 Å². The van der Waals surface area contributed by atoms with Crippen molar-refractivity contribution in [1.82, 2.24) is 4.90 Å². The summed E-state index contributed by atoms with van der Waals surface area (Å²) in [6.07, 6.45) is 0. The summed E-state index contributed by atoms with van der Waals surface area (Å²) in [6.45, 7) is 7.20. The molecule has 2 aromatic carbocycles. The molecule has 10 heteroatoms. The summed E-state index contributed by atoms with van der Waals surface area (Å²) in [7, 11) is 1.43. The summed E-state index contributed by atoms with van der Waals surface area (Å²) in [5.74, 6) is -0.997. The van der Waals surface area contributed by atoms with E-state index in [4.69, 9.17) is 0 Å². The molecule has 162 valence electrons. The van der Waals surface area contributed by atoms with Gasteiger partial charge in [-0.2, -0.15) is 0 Å². The number of benzene rings is 2. The van der Waals surface area contributed by atoms with Crippen LogP contribution in [-0.4, -0.2) is 42.8 Å². The minimum atomic E-state index is -0.404. The lowest BCUT2D eigenvalue weighted by Crippen LogP contribution is -2.24. The molecule has 1 aliphatic heterocycles. The Bertz CT molecular complexity index is 1110. The minimum absolute atomic E-state index is 0.222. The normalized spacial score (nSPS) is 13.2. The van der Waals surface area contributed by atoms with Gasteiger partial charge in [0.15, 0.2) is 0 Å². The first kappa shape index (κ1) is 23.1. The highest BCUT2D eigenvalue weighted by Crippen LogP contribution is 2.42. The van der Waals surface area contributed by atoms with E-state index in [-0.39, 0.29) is 17.4 Å². The number of fused-ring (bicyclic) bond motifs is 1. The quantitative estimate of drug-likeness (QED) is 0.371. The summed E-state index contributed by atoms with van der Waals surface area (Å²) >= 11 is 6.81. The van der Waals surface area contributed by atoms with Crippen LogP contribution >= 0.6 is 31.9 Å². The first-order valence-corrected chi connectivity index (χ1v) is 11.2. The molecule has 3 amide bonds. The molecule has 0 unspecified atom stereocenters. The zero-order valence-electron chi connectivity index (χ0n) is 17.5. The zero-order valence-corrected chi connectivity index (χ0v) is 20.7. The number of azo groups is 1. The van der Waals surface area contributed by atoms with Gasteiger partial charge in [0.25, 0.3) is 11.8 Å². The molecule has 0 fully saturated rings. The molecule has 0 aliphatic carbocycles. The number of hydrogen-bond acceptors (Lipinski definition) is 6. The number of nitrogens with zero attached hydrogens (tertiary/aromatic N) is 4. The van der Waals surface area contributed by atoms with Crippen molar-refractivity contribution in [2.75, 3.05) is 30.4 Å². The van der Waals surface area contributed by atoms with Gasteiger partial charge in [0.2, 0.25) is 5.91 Å². The number of hydrogen-bond donors (Lipinski definition) is 1. The van der Waals surface area contributed by atoms with Crippen molar-refractivity contribution in [3.05, 3.63) is 44.3 Å². The summed E-state index contributed by atoms with van der Waals surface area (Å²) in [5, 5.41) is 11.4. The van der Waals surface area contributed by atoms with Gasteiger partial charge in [-0.3, -0.25) is 19.3 Å². The standard InChI is InChI=1S/C21H21Br2N5O3/c1-5-28(6-2)12-7-8-15(16(9-12)24-11(3)29)25-26-19-14(22)10-13-17(18(19)23)21(31)27(4)20(13)30/h7-10H,5-6H2,1-4H3,(H,24,29). The van der Waals surface area contributed by atoms with Gasteiger partial charge in [-0.05, 0) is 70.0 Å². The van der Waals surface area contributed by atoms with E-state index in [9.17, 15) is 14.4 Å². The van der Waals surface area contributed by atoms with Gasteiger partial charge >= 0.3 is 0 Å². The number of halogens is 2. The fourth-order valence-electron chi connectivity index (χ4n) is 3.31. The third-order valence-electron chi connectivity index (χ3n) is 4.92. The van der Waals surface area contributed by atoms with Crippen molar-refractivity contribution in [2.45, 2.75) is 20.8 Å². The molecule has 0 saturated carbocycles. The monoisotopic (exact) mass is 549 g/mol. The Labute approximate surface area is 197 Å². The van der Waals surface area contributed by atoms with Crippen LogP contribution in [0.4, 0.5) is 22.7 Å². The first-order valence-electron chi connectivity index (χ1n) is 9.62. The van der Waals surface area contributed by atoms with E-state index in [0.717, 1.165) is 23.7 Å². The third kappa shape index (κ3) is 4.40. The number of amides is 3. The van der Waals surface area contributed by atoms with Gasteiger partial charge < -0.3 is 10.2 Å². The van der Waals surface area contributed by atoms with E-state index in [0.29, 0.717) is 31.6 Å². The van der Waals surface area contributed by atoms with E-state index in [2.05, 4.69) is 66.2 Å². The Morgan fingerprint density at radius 1 is 1.10 bits per heavy atom. The highest BCUT2D eigenvalue weighted by Gasteiger charge is 2.36. The lowest BCUT2D eigenvalue weighted by molar-refractivity contribution is -0.114. The fraction of sp³-hybridized carbons (Fsp3) is 0.286. The fourth-order valence-corrected chi connectivity index (χ4v) is 4.76. The van der Waals surface area contributed by atoms with Crippen LogP contribution in [-0.2, 0) is 4.79 Å². The van der Waals surface area contributed by atoms with Gasteiger partial charge in [-0.15, -0.1) is 10.2 Å². The molecule has 0 atom stereocenters. The highest BCUT2D eigenvalue weighted by atomic mass is 79.9. The zero-order chi connectivity index (χ0) is 22.9. The Kier molecular flexibility index (Phi) is 6.90. The van der Waals surface area contributed by atoms with Gasteiger partial charge in [0.1, 0.15) is 11.4 Å². The van der Waals surface area contributed by atoms with Crippen LogP contribution in [0.5, 0.6) is 0 Å². The largest absolute Gasteiger partial charge is 0.372 e. The molecular weight excluding hydrogens is 530 g/mol. The van der Waals surface area contributed by atoms with E-state index in [1.165, 1.54) is 14.0 Å². The van der Waals surface area contributed by atoms with Gasteiger partial charge in [0, 0.05) is 37.2 Å². The maximum absolute atomic E-state index is 12.4. The SMILES string of the molecule is CCN(CC)c1ccc(N=Nc2c(Br)cc3c(c2Br)C(=O)N(C)C3=O)c(NC(C)=O)c1. The average Bonchev–Trinajstić information content (AvgIpc) is 2.93. The van der Waals surface area contributed by atoms with Crippen molar-refractivity contribution in [3.8, 4) is 0 Å². The molecule has 0 radical (unpaired) electrons. The Morgan fingerprint density at radius 2 is 1.77 bits per heavy atom. The topological polar surface area (TPSA) is 94.4 Å². The minimum Gasteiger partial charge on any atom is -0.372 e. The maximum Gasteiger partial charge on any atom is 0.262 e.